The van der Waals surface area contributed by atoms with E-state index in [2.05, 4.69) is 20.5 Å². The minimum Gasteiger partial charge on any atom is -0.507 e. The molecule has 0 atom stereocenters. The van der Waals surface area contributed by atoms with Gasteiger partial charge in [0.15, 0.2) is 0 Å². The van der Waals surface area contributed by atoms with Gasteiger partial charge in [-0.2, -0.15) is 30.4 Å². The van der Waals surface area contributed by atoms with Crippen LogP contribution in [0.1, 0.15) is 0 Å². The van der Waals surface area contributed by atoms with E-state index in [1.807, 2.05) is 0 Å². The van der Waals surface area contributed by atoms with Crippen molar-refractivity contribution in [3.05, 3.63) is 65.7 Å². The number of halogens is 1. The van der Waals surface area contributed by atoms with E-state index >= 15 is 0 Å². The molecule has 5 rings (SSSR count). The van der Waals surface area contributed by atoms with Crippen LogP contribution in [-0.4, -0.2) is 49.1 Å². The van der Waals surface area contributed by atoms with Crippen molar-refractivity contribution in [2.75, 3.05) is 11.5 Å². The molecule has 0 bridgehead atoms. The molecule has 48 heavy (non-hydrogen) atoms. The van der Waals surface area contributed by atoms with Crippen molar-refractivity contribution in [1.82, 2.24) is 0 Å². The first kappa shape index (κ1) is 37.5. The summed E-state index contributed by atoms with van der Waals surface area (Å²) in [6.07, 6.45) is 0. The fraction of sp³-hybridized carbons (Fsp3) is 0. The zero-order valence-corrected chi connectivity index (χ0v) is 30.3. The van der Waals surface area contributed by atoms with Crippen LogP contribution in [0.2, 0.25) is 5.02 Å². The average molecular weight is 762 g/mol. The normalized spacial score (nSPS) is 12.7. The molecular formula is C26H19ClKN6O11S3+. The Labute approximate surface area is 318 Å². The fourth-order valence-corrected chi connectivity index (χ4v) is 6.55. The first-order chi connectivity index (χ1) is 21.8. The van der Waals surface area contributed by atoms with Crippen LogP contribution in [0.25, 0.3) is 21.5 Å². The molecule has 0 unspecified atom stereocenters. The zero-order valence-electron chi connectivity index (χ0n) is 24.0. The van der Waals surface area contributed by atoms with Gasteiger partial charge in [-0.3, -0.25) is 13.7 Å². The molecular weight excluding hydrogens is 743 g/mol. The van der Waals surface area contributed by atoms with Gasteiger partial charge >= 0.3 is 51.4 Å². The number of azo groups is 2. The third-order valence-corrected chi connectivity index (χ3v) is 9.60. The number of rotatable bonds is 7. The Morgan fingerprint density at radius 2 is 1.02 bits per heavy atom. The standard InChI is InChI=1S/C26H19ClN6O11S3.K/c27-24-18(31-33-26-17(29)4-2-12-6-15(46(39,40)41)10-20(35)23(12)26)7-13(8-21(24)47(42,43)44)30-32-25-16(28)3-1-11-5-14(45(36,37)38)9-19(34)22(11)25;/h1-10,34-35H,28-29H2,(H,36,37,38)(H,39,40,41)(H,42,43,44);/q;+1. The number of anilines is 2. The number of benzene rings is 5. The van der Waals surface area contributed by atoms with Gasteiger partial charge in [-0.1, -0.05) is 23.7 Å². The summed E-state index contributed by atoms with van der Waals surface area (Å²) in [5, 5.41) is 36.3. The van der Waals surface area contributed by atoms with E-state index in [9.17, 15) is 49.1 Å². The first-order valence-electron chi connectivity index (χ1n) is 12.5. The molecule has 0 amide bonds. The summed E-state index contributed by atoms with van der Waals surface area (Å²) in [5.74, 6) is -1.29. The van der Waals surface area contributed by atoms with Gasteiger partial charge in [0.2, 0.25) is 0 Å². The number of nitrogens with two attached hydrogens (primary N) is 2. The Morgan fingerprint density at radius 3 is 1.44 bits per heavy atom. The van der Waals surface area contributed by atoms with E-state index < -0.39 is 67.2 Å². The molecule has 0 saturated heterocycles. The van der Waals surface area contributed by atoms with Crippen LogP contribution in [0.3, 0.4) is 0 Å². The smallest absolute Gasteiger partial charge is 0.507 e. The van der Waals surface area contributed by atoms with Crippen LogP contribution in [0.5, 0.6) is 11.5 Å². The Morgan fingerprint density at radius 1 is 0.583 bits per heavy atom. The number of phenols is 2. The summed E-state index contributed by atoms with van der Waals surface area (Å²) in [7, 11) is -14.4. The molecule has 244 valence electrons. The molecule has 17 nitrogen and oxygen atoms in total. The van der Waals surface area contributed by atoms with Crippen LogP contribution < -0.4 is 62.9 Å². The van der Waals surface area contributed by atoms with E-state index in [-0.39, 0.29) is 101 Å². The average Bonchev–Trinajstić information content (AvgIpc) is 2.95. The number of fused-ring (bicyclic) bond motifs is 2. The quantitative estimate of drug-likeness (QED) is 0.0544. The first-order valence-corrected chi connectivity index (χ1v) is 17.2. The maximum absolute atomic E-state index is 12.2. The molecule has 22 heteroatoms. The van der Waals surface area contributed by atoms with E-state index in [0.29, 0.717) is 0 Å². The van der Waals surface area contributed by atoms with Crippen molar-refractivity contribution in [3.8, 4) is 11.5 Å². The van der Waals surface area contributed by atoms with E-state index in [1.165, 1.54) is 24.3 Å². The maximum Gasteiger partial charge on any atom is 1.00 e. The molecule has 0 aliphatic heterocycles. The molecule has 0 spiro atoms. The molecule has 0 saturated carbocycles. The summed E-state index contributed by atoms with van der Waals surface area (Å²) >= 11 is 6.22. The predicted octanol–water partition coefficient (Wildman–Crippen LogP) is 2.80. The summed E-state index contributed by atoms with van der Waals surface area (Å²) in [6, 6.07) is 10.8. The van der Waals surface area contributed by atoms with Crippen molar-refractivity contribution in [1.29, 1.82) is 0 Å². The minimum absolute atomic E-state index is 0. The van der Waals surface area contributed by atoms with Crippen LogP contribution >= 0.6 is 11.6 Å². The SMILES string of the molecule is Nc1ccc2cc(S(=O)(=O)O)cc(O)c2c1N=Nc1cc(N=Nc2c(N)ccc3cc(S(=O)(=O)O)cc(O)c23)c(Cl)c(S(=O)(=O)O)c1.[K+]. The molecule has 5 aromatic rings. The Balaban J connectivity index is 0.00000520. The Bertz CT molecular complexity index is 2570. The van der Waals surface area contributed by atoms with Crippen LogP contribution in [0.4, 0.5) is 34.1 Å². The Hall–Kier alpha value is -3.32. The van der Waals surface area contributed by atoms with Gasteiger partial charge in [-0.15, -0.1) is 15.3 Å². The van der Waals surface area contributed by atoms with E-state index in [0.717, 1.165) is 36.4 Å². The van der Waals surface area contributed by atoms with Crippen molar-refractivity contribution in [3.63, 3.8) is 0 Å². The number of nitrogen functional groups attached to an aromatic ring is 2. The number of hydrogen-bond acceptors (Lipinski definition) is 14. The third kappa shape index (κ3) is 7.61. The molecule has 0 fully saturated rings. The van der Waals surface area contributed by atoms with Gasteiger partial charge in [0, 0.05) is 12.1 Å². The van der Waals surface area contributed by atoms with E-state index in [4.69, 9.17) is 23.1 Å². The summed E-state index contributed by atoms with van der Waals surface area (Å²) in [5.41, 5.74) is 10.8. The number of phenolic OH excluding ortho intramolecular Hbond substituents is 2. The second-order valence-electron chi connectivity index (χ2n) is 9.69. The molecule has 0 heterocycles. The molecule has 0 aliphatic rings. The Kier molecular flexibility index (Phi) is 10.6. The molecule has 0 aliphatic carbocycles. The topological polar surface area (TPSA) is 305 Å². The van der Waals surface area contributed by atoms with Gasteiger partial charge in [-0.05, 0) is 47.2 Å². The molecule has 0 aromatic heterocycles. The van der Waals surface area contributed by atoms with Crippen molar-refractivity contribution in [2.45, 2.75) is 14.7 Å². The summed E-state index contributed by atoms with van der Waals surface area (Å²) < 4.78 is 99.2. The minimum atomic E-state index is -5.01. The second kappa shape index (κ2) is 13.5. The molecule has 5 aromatic carbocycles. The largest absolute Gasteiger partial charge is 1.00 e. The van der Waals surface area contributed by atoms with E-state index in [1.54, 1.807) is 0 Å². The molecule has 9 N–H and O–H groups in total. The molecule has 0 radical (unpaired) electrons. The maximum atomic E-state index is 12.2. The van der Waals surface area contributed by atoms with Gasteiger partial charge in [0.05, 0.1) is 42.6 Å². The van der Waals surface area contributed by atoms with Gasteiger partial charge in [-0.25, -0.2) is 0 Å². The third-order valence-electron chi connectivity index (χ3n) is 6.55. The number of hydrogen-bond donors (Lipinski definition) is 7. The van der Waals surface area contributed by atoms with Gasteiger partial charge in [0.1, 0.15) is 33.5 Å². The summed E-state index contributed by atoms with van der Waals surface area (Å²) in [4.78, 5) is -2.10. The van der Waals surface area contributed by atoms with Gasteiger partial charge in [0.25, 0.3) is 30.4 Å². The van der Waals surface area contributed by atoms with Crippen molar-refractivity contribution in [2.24, 2.45) is 20.5 Å². The summed E-state index contributed by atoms with van der Waals surface area (Å²) in [6.45, 7) is 0. The van der Waals surface area contributed by atoms with Crippen LogP contribution in [0.15, 0.2) is 95.8 Å². The van der Waals surface area contributed by atoms with Crippen LogP contribution in [-0.2, 0) is 30.4 Å². The van der Waals surface area contributed by atoms with Crippen molar-refractivity contribution >= 4 is 97.6 Å². The van der Waals surface area contributed by atoms with Gasteiger partial charge < -0.3 is 21.7 Å². The fourth-order valence-electron chi connectivity index (χ4n) is 4.44. The van der Waals surface area contributed by atoms with Crippen molar-refractivity contribution < 1.29 is 101 Å². The zero-order chi connectivity index (χ0) is 34.6. The number of nitrogens with zero attached hydrogens (tertiary/aromatic N) is 4. The number of aromatic hydroxyl groups is 2. The monoisotopic (exact) mass is 761 g/mol. The van der Waals surface area contributed by atoms with Crippen LogP contribution in [0, 0.1) is 0 Å². The predicted molar refractivity (Wildman–Crippen MR) is 169 cm³/mol. The second-order valence-corrected chi connectivity index (χ2v) is 14.3.